The van der Waals surface area contributed by atoms with Gasteiger partial charge in [-0.15, -0.1) is 0 Å². The number of piperidine rings is 1. The molecule has 1 heterocycles. The van der Waals surface area contributed by atoms with Crippen LogP contribution in [-0.2, 0) is 21.2 Å². The Morgan fingerprint density at radius 2 is 1.85 bits per heavy atom. The van der Waals surface area contributed by atoms with Crippen molar-refractivity contribution in [3.63, 3.8) is 0 Å². The van der Waals surface area contributed by atoms with E-state index in [2.05, 4.69) is 4.72 Å². The quantitative estimate of drug-likeness (QED) is 0.833. The van der Waals surface area contributed by atoms with E-state index in [1.165, 1.54) is 0 Å². The van der Waals surface area contributed by atoms with Gasteiger partial charge >= 0.3 is 6.09 Å². The molecule has 0 radical (unpaired) electrons. The fourth-order valence-corrected chi connectivity index (χ4v) is 4.35. The number of likely N-dealkylation sites (tertiary alicyclic amines) is 1. The largest absolute Gasteiger partial charge is 0.444 e. The molecule has 1 saturated heterocycles. The minimum atomic E-state index is -3.40. The average molecular weight is 394 g/mol. The number of carbonyl (C=O) groups excluding carboxylic acids is 2. The monoisotopic (exact) mass is 394 g/mol. The number of sulfonamides is 1. The molecule has 1 N–H and O–H groups in total. The van der Waals surface area contributed by atoms with Crippen LogP contribution in [0.15, 0.2) is 18.2 Å². The molecule has 1 amide bonds. The second kappa shape index (κ2) is 6.51. The topological polar surface area (TPSA) is 92.8 Å². The first-order chi connectivity index (χ1) is 12.4. The predicted molar refractivity (Wildman–Crippen MR) is 102 cm³/mol. The molecule has 1 spiro atoms. The number of ether oxygens (including phenoxy) is 1. The number of nitrogens with zero attached hydrogens (tertiary/aromatic N) is 1. The Hall–Kier alpha value is -2.09. The molecule has 7 nitrogen and oxygen atoms in total. The van der Waals surface area contributed by atoms with E-state index in [4.69, 9.17) is 4.74 Å². The summed E-state index contributed by atoms with van der Waals surface area (Å²) in [7, 11) is -3.40. The number of fused-ring (bicyclic) bond motifs is 1. The van der Waals surface area contributed by atoms with Gasteiger partial charge in [0, 0.05) is 29.8 Å². The van der Waals surface area contributed by atoms with Crippen molar-refractivity contribution in [2.75, 3.05) is 24.1 Å². The van der Waals surface area contributed by atoms with Gasteiger partial charge in [-0.3, -0.25) is 9.52 Å². The highest BCUT2D eigenvalue weighted by molar-refractivity contribution is 7.92. The third kappa shape index (κ3) is 4.26. The van der Waals surface area contributed by atoms with Crippen molar-refractivity contribution >= 4 is 27.6 Å². The maximum atomic E-state index is 13.1. The Bertz CT molecular complexity index is 878. The lowest BCUT2D eigenvalue weighted by Gasteiger charge is -2.38. The van der Waals surface area contributed by atoms with Crippen LogP contribution in [0.2, 0.25) is 0 Å². The van der Waals surface area contributed by atoms with E-state index in [0.717, 1.165) is 11.8 Å². The van der Waals surface area contributed by atoms with Gasteiger partial charge in [0.2, 0.25) is 10.0 Å². The van der Waals surface area contributed by atoms with Crippen LogP contribution < -0.4 is 4.72 Å². The molecule has 27 heavy (non-hydrogen) atoms. The highest BCUT2D eigenvalue weighted by Crippen LogP contribution is 2.45. The third-order valence-electron chi connectivity index (χ3n) is 5.04. The normalized spacial score (nSPS) is 19.1. The smallest absolute Gasteiger partial charge is 0.410 e. The first-order valence-electron chi connectivity index (χ1n) is 9.02. The summed E-state index contributed by atoms with van der Waals surface area (Å²) in [4.78, 5) is 27.0. The minimum Gasteiger partial charge on any atom is -0.444 e. The van der Waals surface area contributed by atoms with Crippen molar-refractivity contribution < 1.29 is 22.7 Å². The maximum Gasteiger partial charge on any atom is 0.410 e. The number of anilines is 1. The summed E-state index contributed by atoms with van der Waals surface area (Å²) in [6.45, 7) is 6.44. The van der Waals surface area contributed by atoms with Crippen molar-refractivity contribution in [1.29, 1.82) is 0 Å². The van der Waals surface area contributed by atoms with Crippen molar-refractivity contribution in [1.82, 2.24) is 4.90 Å². The molecule has 1 aromatic rings. The fourth-order valence-electron chi connectivity index (χ4n) is 3.80. The Balaban J connectivity index is 1.72. The average Bonchev–Trinajstić information content (AvgIpc) is 2.77. The Morgan fingerprint density at radius 3 is 2.41 bits per heavy atom. The van der Waals surface area contributed by atoms with Gasteiger partial charge in [-0.05, 0) is 57.7 Å². The summed E-state index contributed by atoms with van der Waals surface area (Å²) in [5.74, 6) is 0.0403. The predicted octanol–water partition coefficient (Wildman–Crippen LogP) is 2.81. The van der Waals surface area contributed by atoms with E-state index in [0.29, 0.717) is 43.6 Å². The molecular weight excluding hydrogens is 368 g/mol. The van der Waals surface area contributed by atoms with Crippen LogP contribution in [0.25, 0.3) is 0 Å². The molecule has 0 saturated carbocycles. The zero-order valence-electron chi connectivity index (χ0n) is 16.2. The molecule has 0 atom stereocenters. The van der Waals surface area contributed by atoms with Gasteiger partial charge in [0.1, 0.15) is 5.60 Å². The molecule has 1 aromatic carbocycles. The van der Waals surface area contributed by atoms with E-state index >= 15 is 0 Å². The summed E-state index contributed by atoms with van der Waals surface area (Å²) in [6.07, 6.45) is 2.52. The molecule has 8 heteroatoms. The molecule has 1 fully saturated rings. The lowest BCUT2D eigenvalue weighted by Crippen LogP contribution is -2.47. The van der Waals surface area contributed by atoms with Crippen LogP contribution in [0, 0.1) is 5.41 Å². The molecule has 0 unspecified atom stereocenters. The number of rotatable bonds is 2. The lowest BCUT2D eigenvalue weighted by atomic mass is 9.75. The maximum absolute atomic E-state index is 13.1. The van der Waals surface area contributed by atoms with Crippen LogP contribution in [0.5, 0.6) is 0 Å². The number of benzene rings is 1. The lowest BCUT2D eigenvalue weighted by molar-refractivity contribution is 0.0114. The summed E-state index contributed by atoms with van der Waals surface area (Å²) in [6, 6.07) is 5.12. The van der Waals surface area contributed by atoms with Gasteiger partial charge in [0.25, 0.3) is 0 Å². The molecular formula is C19H26N2O5S. The number of hydrogen-bond acceptors (Lipinski definition) is 5. The van der Waals surface area contributed by atoms with Gasteiger partial charge in [0.05, 0.1) is 6.26 Å². The number of carbonyl (C=O) groups is 2. The number of Topliss-reactive ketones (excluding diaryl/α,β-unsaturated/α-hetero) is 1. The Kier molecular flexibility index (Phi) is 4.74. The molecule has 1 aliphatic carbocycles. The van der Waals surface area contributed by atoms with Crippen molar-refractivity contribution in [2.24, 2.45) is 5.41 Å². The highest BCUT2D eigenvalue weighted by Gasteiger charge is 2.48. The van der Waals surface area contributed by atoms with Gasteiger partial charge < -0.3 is 9.64 Å². The van der Waals surface area contributed by atoms with Gasteiger partial charge in [0.15, 0.2) is 5.78 Å². The van der Waals surface area contributed by atoms with Crippen LogP contribution in [-0.4, -0.2) is 50.1 Å². The number of nitrogens with one attached hydrogen (secondary N) is 1. The standard InChI is InChI=1S/C19H26N2O5S/c1-18(2,3)26-17(23)21-9-7-19(8-10-21)12-13-5-6-14(20-27(4,24)25)11-15(13)16(19)22/h5-6,11,20H,7-10,12H2,1-4H3. The van der Waals surface area contributed by atoms with Gasteiger partial charge in [-0.25, -0.2) is 13.2 Å². The van der Waals surface area contributed by atoms with E-state index in [-0.39, 0.29) is 11.9 Å². The number of hydrogen-bond donors (Lipinski definition) is 1. The van der Waals surface area contributed by atoms with Crippen molar-refractivity contribution in [3.8, 4) is 0 Å². The second-order valence-electron chi connectivity index (χ2n) is 8.50. The van der Waals surface area contributed by atoms with E-state index in [1.807, 2.05) is 26.8 Å². The molecule has 3 rings (SSSR count). The Labute approximate surface area is 160 Å². The molecule has 0 aromatic heterocycles. The summed E-state index contributed by atoms with van der Waals surface area (Å²) >= 11 is 0. The van der Waals surface area contributed by atoms with Crippen molar-refractivity contribution in [2.45, 2.75) is 45.6 Å². The molecule has 2 aliphatic rings. The van der Waals surface area contributed by atoms with Gasteiger partial charge in [-0.1, -0.05) is 6.07 Å². The molecule has 1 aliphatic heterocycles. The first-order valence-corrected chi connectivity index (χ1v) is 10.9. The van der Waals surface area contributed by atoms with Crippen LogP contribution in [0.1, 0.15) is 49.5 Å². The fraction of sp³-hybridized carbons (Fsp3) is 0.579. The minimum absolute atomic E-state index is 0.0403. The SMILES string of the molecule is CC(C)(C)OC(=O)N1CCC2(CC1)Cc1ccc(NS(C)(=O)=O)cc1C2=O. The first kappa shape index (κ1) is 19.7. The zero-order chi connectivity index (χ0) is 20.0. The summed E-state index contributed by atoms with van der Waals surface area (Å²) in [5.41, 5.74) is 0.853. The van der Waals surface area contributed by atoms with E-state index < -0.39 is 21.0 Å². The zero-order valence-corrected chi connectivity index (χ0v) is 17.0. The van der Waals surface area contributed by atoms with E-state index in [1.54, 1.807) is 17.0 Å². The second-order valence-corrected chi connectivity index (χ2v) is 10.2. The molecule has 0 bridgehead atoms. The highest BCUT2D eigenvalue weighted by atomic mass is 32.2. The number of ketones is 1. The summed E-state index contributed by atoms with van der Waals surface area (Å²) < 4.78 is 30.7. The van der Waals surface area contributed by atoms with Crippen molar-refractivity contribution in [3.05, 3.63) is 29.3 Å². The molecule has 148 valence electrons. The third-order valence-corrected chi connectivity index (χ3v) is 5.65. The number of amides is 1. The van der Waals surface area contributed by atoms with Crippen LogP contribution in [0.3, 0.4) is 0 Å². The van der Waals surface area contributed by atoms with Crippen LogP contribution >= 0.6 is 0 Å². The van der Waals surface area contributed by atoms with E-state index in [9.17, 15) is 18.0 Å². The van der Waals surface area contributed by atoms with Gasteiger partial charge in [-0.2, -0.15) is 0 Å². The van der Waals surface area contributed by atoms with Crippen LogP contribution in [0.4, 0.5) is 10.5 Å². The Morgan fingerprint density at radius 1 is 1.22 bits per heavy atom. The summed E-state index contributed by atoms with van der Waals surface area (Å²) in [5, 5.41) is 0.